The molecule has 1 aliphatic rings. The summed E-state index contributed by atoms with van der Waals surface area (Å²) in [6.45, 7) is 2.08. The van der Waals surface area contributed by atoms with Gasteiger partial charge in [0.05, 0.1) is 6.10 Å². The second-order valence-electron chi connectivity index (χ2n) is 5.52. The van der Waals surface area contributed by atoms with E-state index in [2.05, 4.69) is 31.2 Å². The summed E-state index contributed by atoms with van der Waals surface area (Å²) in [5.74, 6) is 0.730. The van der Waals surface area contributed by atoms with Crippen LogP contribution in [0.1, 0.15) is 62.2 Å². The van der Waals surface area contributed by atoms with E-state index in [9.17, 15) is 5.11 Å². The molecular formula is C16H24O. The van der Waals surface area contributed by atoms with E-state index in [1.54, 1.807) is 0 Å². The Kier molecular flexibility index (Phi) is 4.61. The summed E-state index contributed by atoms with van der Waals surface area (Å²) >= 11 is 0. The zero-order valence-corrected chi connectivity index (χ0v) is 10.9. The van der Waals surface area contributed by atoms with Crippen LogP contribution in [0.3, 0.4) is 0 Å². The highest BCUT2D eigenvalue weighted by Gasteiger charge is 2.17. The summed E-state index contributed by atoms with van der Waals surface area (Å²) in [4.78, 5) is 0. The van der Waals surface area contributed by atoms with Gasteiger partial charge in [0.2, 0.25) is 0 Å². The largest absolute Gasteiger partial charge is 0.388 e. The minimum atomic E-state index is -0.265. The number of aryl methyl sites for hydroxylation is 1. The van der Waals surface area contributed by atoms with Gasteiger partial charge in [0.15, 0.2) is 0 Å². The molecule has 0 bridgehead atoms. The quantitative estimate of drug-likeness (QED) is 0.766. The van der Waals surface area contributed by atoms with Gasteiger partial charge in [-0.3, -0.25) is 0 Å². The number of aliphatic hydroxyl groups excluding tert-OH is 1. The first-order valence-corrected chi connectivity index (χ1v) is 7.00. The van der Waals surface area contributed by atoms with Gasteiger partial charge >= 0.3 is 0 Å². The lowest BCUT2D eigenvalue weighted by atomic mass is 9.91. The van der Waals surface area contributed by atoms with Crippen LogP contribution < -0.4 is 0 Å². The molecule has 1 heteroatoms. The van der Waals surface area contributed by atoms with Crippen molar-refractivity contribution in [2.45, 2.75) is 58.0 Å². The molecule has 1 aromatic rings. The first kappa shape index (κ1) is 12.6. The standard InChI is InChI=1S/C16H24O/c1-13-8-10-15(11-9-13)16(17)12-14-6-4-2-3-5-7-14/h8-11,14,16-17H,2-7,12H2,1H3. The molecule has 0 saturated heterocycles. The minimum Gasteiger partial charge on any atom is -0.388 e. The zero-order chi connectivity index (χ0) is 12.1. The lowest BCUT2D eigenvalue weighted by Gasteiger charge is -2.18. The van der Waals surface area contributed by atoms with E-state index in [-0.39, 0.29) is 6.10 Å². The molecule has 1 nitrogen and oxygen atoms in total. The summed E-state index contributed by atoms with van der Waals surface area (Å²) in [6, 6.07) is 8.31. The lowest BCUT2D eigenvalue weighted by molar-refractivity contribution is 0.139. The van der Waals surface area contributed by atoms with Crippen LogP contribution in [0, 0.1) is 12.8 Å². The van der Waals surface area contributed by atoms with Crippen molar-refractivity contribution in [2.24, 2.45) is 5.92 Å². The van der Waals surface area contributed by atoms with Gasteiger partial charge in [0, 0.05) is 0 Å². The fraction of sp³-hybridized carbons (Fsp3) is 0.625. The third-order valence-corrected chi connectivity index (χ3v) is 3.99. The van der Waals surface area contributed by atoms with Crippen molar-refractivity contribution in [1.29, 1.82) is 0 Å². The average molecular weight is 232 g/mol. The molecular weight excluding hydrogens is 208 g/mol. The predicted octanol–water partition coefficient (Wildman–Crippen LogP) is 4.39. The summed E-state index contributed by atoms with van der Waals surface area (Å²) in [6.07, 6.45) is 8.78. The monoisotopic (exact) mass is 232 g/mol. The van der Waals surface area contributed by atoms with Crippen molar-refractivity contribution in [2.75, 3.05) is 0 Å². The highest BCUT2D eigenvalue weighted by atomic mass is 16.3. The van der Waals surface area contributed by atoms with Crippen molar-refractivity contribution < 1.29 is 5.11 Å². The molecule has 1 aliphatic carbocycles. The molecule has 1 fully saturated rings. The van der Waals surface area contributed by atoms with E-state index in [1.165, 1.54) is 44.1 Å². The third kappa shape index (κ3) is 3.85. The van der Waals surface area contributed by atoms with Gasteiger partial charge in [-0.2, -0.15) is 0 Å². The summed E-state index contributed by atoms with van der Waals surface area (Å²) in [7, 11) is 0. The van der Waals surface area contributed by atoms with E-state index in [4.69, 9.17) is 0 Å². The van der Waals surface area contributed by atoms with Gasteiger partial charge < -0.3 is 5.11 Å². The van der Waals surface area contributed by atoms with Crippen molar-refractivity contribution >= 4 is 0 Å². The van der Waals surface area contributed by atoms with Gasteiger partial charge in [0.25, 0.3) is 0 Å². The number of hydrogen-bond acceptors (Lipinski definition) is 1. The molecule has 1 saturated carbocycles. The Bertz CT molecular complexity index is 320. The average Bonchev–Trinajstić information content (AvgIpc) is 2.58. The topological polar surface area (TPSA) is 20.2 Å². The van der Waals surface area contributed by atoms with E-state index in [0.717, 1.165) is 17.9 Å². The smallest absolute Gasteiger partial charge is 0.0792 e. The Morgan fingerprint density at radius 3 is 2.24 bits per heavy atom. The van der Waals surface area contributed by atoms with Crippen LogP contribution in [0.4, 0.5) is 0 Å². The summed E-state index contributed by atoms with van der Waals surface area (Å²) in [5, 5.41) is 10.3. The van der Waals surface area contributed by atoms with Gasteiger partial charge in [-0.25, -0.2) is 0 Å². The van der Waals surface area contributed by atoms with E-state index in [1.807, 2.05) is 0 Å². The number of benzene rings is 1. The Morgan fingerprint density at radius 2 is 1.65 bits per heavy atom. The second kappa shape index (κ2) is 6.20. The first-order chi connectivity index (χ1) is 8.25. The van der Waals surface area contributed by atoms with Gasteiger partial charge in [-0.05, 0) is 24.8 Å². The maximum Gasteiger partial charge on any atom is 0.0792 e. The third-order valence-electron chi connectivity index (χ3n) is 3.99. The van der Waals surface area contributed by atoms with Crippen LogP contribution in [0.15, 0.2) is 24.3 Å². The number of rotatable bonds is 3. The molecule has 1 aromatic carbocycles. The molecule has 0 heterocycles. The Hall–Kier alpha value is -0.820. The maximum absolute atomic E-state index is 10.3. The fourth-order valence-corrected chi connectivity index (χ4v) is 2.84. The summed E-state index contributed by atoms with van der Waals surface area (Å²) < 4.78 is 0. The molecule has 0 amide bonds. The van der Waals surface area contributed by atoms with Crippen molar-refractivity contribution in [3.8, 4) is 0 Å². The summed E-state index contributed by atoms with van der Waals surface area (Å²) in [5.41, 5.74) is 2.34. The SMILES string of the molecule is Cc1ccc(C(O)CC2CCCCCC2)cc1. The zero-order valence-electron chi connectivity index (χ0n) is 10.9. The van der Waals surface area contributed by atoms with Crippen LogP contribution in [-0.4, -0.2) is 5.11 Å². The van der Waals surface area contributed by atoms with Crippen LogP contribution in [-0.2, 0) is 0 Å². The van der Waals surface area contributed by atoms with Crippen molar-refractivity contribution in [3.05, 3.63) is 35.4 Å². The predicted molar refractivity (Wildman–Crippen MR) is 71.9 cm³/mol. The number of aliphatic hydroxyl groups is 1. The van der Waals surface area contributed by atoms with Gasteiger partial charge in [-0.15, -0.1) is 0 Å². The van der Waals surface area contributed by atoms with Crippen LogP contribution in [0.25, 0.3) is 0 Å². The minimum absolute atomic E-state index is 0.265. The molecule has 1 unspecified atom stereocenters. The molecule has 0 aliphatic heterocycles. The molecule has 1 N–H and O–H groups in total. The highest BCUT2D eigenvalue weighted by Crippen LogP contribution is 2.31. The van der Waals surface area contributed by atoms with E-state index >= 15 is 0 Å². The molecule has 94 valence electrons. The first-order valence-electron chi connectivity index (χ1n) is 7.00. The highest BCUT2D eigenvalue weighted by molar-refractivity contribution is 5.23. The van der Waals surface area contributed by atoms with Crippen molar-refractivity contribution in [1.82, 2.24) is 0 Å². The van der Waals surface area contributed by atoms with Crippen LogP contribution >= 0.6 is 0 Å². The molecule has 2 rings (SSSR count). The fourth-order valence-electron chi connectivity index (χ4n) is 2.84. The van der Waals surface area contributed by atoms with Gasteiger partial charge in [-0.1, -0.05) is 68.4 Å². The normalized spacial score (nSPS) is 19.9. The van der Waals surface area contributed by atoms with Crippen LogP contribution in [0.5, 0.6) is 0 Å². The Balaban J connectivity index is 1.91. The number of hydrogen-bond donors (Lipinski definition) is 1. The molecule has 0 spiro atoms. The van der Waals surface area contributed by atoms with Crippen LogP contribution in [0.2, 0.25) is 0 Å². The van der Waals surface area contributed by atoms with Crippen molar-refractivity contribution in [3.63, 3.8) is 0 Å². The Labute approximate surface area is 105 Å². The Morgan fingerprint density at radius 1 is 1.06 bits per heavy atom. The van der Waals surface area contributed by atoms with E-state index in [0.29, 0.717) is 0 Å². The lowest BCUT2D eigenvalue weighted by Crippen LogP contribution is -2.07. The van der Waals surface area contributed by atoms with Gasteiger partial charge in [0.1, 0.15) is 0 Å². The molecule has 1 atom stereocenters. The molecule has 17 heavy (non-hydrogen) atoms. The molecule has 0 aromatic heterocycles. The van der Waals surface area contributed by atoms with E-state index < -0.39 is 0 Å². The maximum atomic E-state index is 10.3. The molecule has 0 radical (unpaired) electrons. The second-order valence-corrected chi connectivity index (χ2v) is 5.52.